The van der Waals surface area contributed by atoms with Gasteiger partial charge in [0.05, 0.1) is 42.7 Å². The third kappa shape index (κ3) is 7.74. The van der Waals surface area contributed by atoms with Gasteiger partial charge in [0.25, 0.3) is 0 Å². The van der Waals surface area contributed by atoms with Crippen LogP contribution in [0.5, 0.6) is 5.75 Å². The Morgan fingerprint density at radius 1 is 1.07 bits per heavy atom. The first-order chi connectivity index (χ1) is 20.6. The van der Waals surface area contributed by atoms with E-state index in [1.807, 2.05) is 12.1 Å². The van der Waals surface area contributed by atoms with Crippen LogP contribution >= 0.6 is 11.6 Å². The van der Waals surface area contributed by atoms with Crippen LogP contribution in [-0.4, -0.2) is 74.2 Å². The Hall–Kier alpha value is -3.45. The summed E-state index contributed by atoms with van der Waals surface area (Å²) in [6.07, 6.45) is 6.48. The number of Topliss-reactive ketones (excluding diaryl/α,β-unsaturated/α-hetero) is 1. The fraction of sp³-hybridized carbons (Fsp3) is 0.433. The SMILES string of the molecule is COc1cc(C2CCN(C3CCNCC3)[C@@H](C(C)=O)C2)ccc1Nc1ncc(Cl)c(Nc2ccccc2NS(C)(=O)=O)n1. The van der Waals surface area contributed by atoms with E-state index in [1.54, 1.807) is 38.3 Å². The number of aromatic nitrogens is 2. The van der Waals surface area contributed by atoms with Crippen LogP contribution in [0.3, 0.4) is 0 Å². The number of nitrogens with zero attached hydrogens (tertiary/aromatic N) is 3. The van der Waals surface area contributed by atoms with E-state index >= 15 is 0 Å². The van der Waals surface area contributed by atoms with Gasteiger partial charge in [0, 0.05) is 6.04 Å². The molecule has 0 bridgehead atoms. The minimum atomic E-state index is -3.49. The molecular weight excluding hydrogens is 590 g/mol. The normalized spacial score (nSPS) is 19.9. The molecule has 3 aromatic rings. The number of carbonyl (C=O) groups excluding carboxylic acids is 1. The summed E-state index contributed by atoms with van der Waals surface area (Å²) < 4.78 is 31.8. The average Bonchev–Trinajstić information content (AvgIpc) is 2.99. The Labute approximate surface area is 257 Å². The van der Waals surface area contributed by atoms with Gasteiger partial charge in [0.1, 0.15) is 16.6 Å². The van der Waals surface area contributed by atoms with Gasteiger partial charge in [-0.15, -0.1) is 0 Å². The molecular formula is C30H38ClN7O4S. The number of ether oxygens (including phenoxy) is 1. The predicted octanol–water partition coefficient (Wildman–Crippen LogP) is 4.89. The summed E-state index contributed by atoms with van der Waals surface area (Å²) in [6.45, 7) is 4.62. The number of halogens is 1. The number of nitrogens with one attached hydrogen (secondary N) is 4. The maximum Gasteiger partial charge on any atom is 0.229 e. The number of benzene rings is 2. The van der Waals surface area contributed by atoms with Crippen LogP contribution in [0.1, 0.15) is 44.1 Å². The van der Waals surface area contributed by atoms with E-state index in [0.29, 0.717) is 34.7 Å². The zero-order valence-electron chi connectivity index (χ0n) is 24.6. The maximum absolute atomic E-state index is 12.7. The lowest BCUT2D eigenvalue weighted by molar-refractivity contribution is -0.125. The van der Waals surface area contributed by atoms with E-state index in [0.717, 1.165) is 57.1 Å². The summed E-state index contributed by atoms with van der Waals surface area (Å²) in [4.78, 5) is 24.0. The van der Waals surface area contributed by atoms with E-state index in [1.165, 1.54) is 6.20 Å². The van der Waals surface area contributed by atoms with Crippen molar-refractivity contribution in [2.45, 2.75) is 50.6 Å². The number of likely N-dealkylation sites (tertiary alicyclic amines) is 1. The molecule has 43 heavy (non-hydrogen) atoms. The van der Waals surface area contributed by atoms with Crippen LogP contribution in [0.2, 0.25) is 5.02 Å². The molecule has 11 nitrogen and oxygen atoms in total. The van der Waals surface area contributed by atoms with Gasteiger partial charge in [-0.1, -0.05) is 29.8 Å². The molecule has 13 heteroatoms. The number of ketones is 1. The summed E-state index contributed by atoms with van der Waals surface area (Å²) in [7, 11) is -1.87. The molecule has 230 valence electrons. The van der Waals surface area contributed by atoms with Crippen molar-refractivity contribution in [2.24, 2.45) is 0 Å². The topological polar surface area (TPSA) is 138 Å². The lowest BCUT2D eigenvalue weighted by atomic mass is 9.82. The van der Waals surface area contributed by atoms with E-state index in [-0.39, 0.29) is 28.7 Å². The minimum Gasteiger partial charge on any atom is -0.495 e. The van der Waals surface area contributed by atoms with Crippen LogP contribution in [0, 0.1) is 0 Å². The highest BCUT2D eigenvalue weighted by atomic mass is 35.5. The van der Waals surface area contributed by atoms with E-state index in [4.69, 9.17) is 16.3 Å². The van der Waals surface area contributed by atoms with Gasteiger partial charge < -0.3 is 20.7 Å². The Bertz CT molecular complexity index is 1570. The van der Waals surface area contributed by atoms with Crippen molar-refractivity contribution in [3.05, 3.63) is 59.2 Å². The van der Waals surface area contributed by atoms with Gasteiger partial charge in [-0.05, 0) is 88.0 Å². The molecule has 1 unspecified atom stereocenters. The summed E-state index contributed by atoms with van der Waals surface area (Å²) >= 11 is 6.38. The van der Waals surface area contributed by atoms with Crippen LogP contribution in [0.4, 0.5) is 28.8 Å². The summed E-state index contributed by atoms with van der Waals surface area (Å²) in [6, 6.07) is 13.3. The molecule has 4 N–H and O–H groups in total. The van der Waals surface area contributed by atoms with Gasteiger partial charge in [-0.2, -0.15) is 4.98 Å². The number of carbonyl (C=O) groups is 1. The van der Waals surface area contributed by atoms with Gasteiger partial charge in [0.15, 0.2) is 5.82 Å². The quantitative estimate of drug-likeness (QED) is 0.246. The lowest BCUT2D eigenvalue weighted by Gasteiger charge is -2.44. The van der Waals surface area contributed by atoms with Crippen molar-refractivity contribution in [3.63, 3.8) is 0 Å². The lowest BCUT2D eigenvalue weighted by Crippen LogP contribution is -2.53. The molecule has 0 aliphatic carbocycles. The van der Waals surface area contributed by atoms with Crippen molar-refractivity contribution >= 4 is 56.2 Å². The predicted molar refractivity (Wildman–Crippen MR) is 171 cm³/mol. The summed E-state index contributed by atoms with van der Waals surface area (Å²) in [5, 5.41) is 9.99. The molecule has 3 heterocycles. The molecule has 2 aromatic carbocycles. The molecule has 2 atom stereocenters. The van der Waals surface area contributed by atoms with Crippen molar-refractivity contribution in [1.29, 1.82) is 0 Å². The zero-order valence-corrected chi connectivity index (χ0v) is 26.1. The molecule has 0 spiro atoms. The van der Waals surface area contributed by atoms with Crippen molar-refractivity contribution in [1.82, 2.24) is 20.2 Å². The molecule has 0 amide bonds. The first kappa shape index (κ1) is 31.0. The number of hydrogen-bond donors (Lipinski definition) is 4. The molecule has 1 aromatic heterocycles. The number of piperidine rings is 2. The molecule has 2 aliphatic rings. The number of methoxy groups -OCH3 is 1. The maximum atomic E-state index is 12.7. The fourth-order valence-corrected chi connectivity index (χ4v) is 6.69. The van der Waals surface area contributed by atoms with Gasteiger partial charge in [0.2, 0.25) is 16.0 Å². The van der Waals surface area contributed by atoms with Crippen molar-refractivity contribution in [2.75, 3.05) is 48.4 Å². The van der Waals surface area contributed by atoms with Crippen LogP contribution in [0.25, 0.3) is 0 Å². The number of anilines is 5. The average molecular weight is 628 g/mol. The second-order valence-corrected chi connectivity index (χ2v) is 13.2. The molecule has 5 rings (SSSR count). The number of sulfonamides is 1. The number of rotatable bonds is 10. The third-order valence-electron chi connectivity index (χ3n) is 8.05. The van der Waals surface area contributed by atoms with Crippen molar-refractivity contribution in [3.8, 4) is 5.75 Å². The molecule has 2 fully saturated rings. The summed E-state index contributed by atoms with van der Waals surface area (Å²) in [5.41, 5.74) is 2.65. The van der Waals surface area contributed by atoms with E-state index in [9.17, 15) is 13.2 Å². The van der Waals surface area contributed by atoms with E-state index < -0.39 is 10.0 Å². The van der Waals surface area contributed by atoms with Gasteiger partial charge in [-0.25, -0.2) is 13.4 Å². The largest absolute Gasteiger partial charge is 0.495 e. The Morgan fingerprint density at radius 2 is 1.81 bits per heavy atom. The van der Waals surface area contributed by atoms with E-state index in [2.05, 4.69) is 41.6 Å². The molecule has 2 saturated heterocycles. The Balaban J connectivity index is 1.32. The second-order valence-electron chi connectivity index (χ2n) is 11.1. The fourth-order valence-electron chi connectivity index (χ4n) is 5.97. The van der Waals surface area contributed by atoms with Crippen LogP contribution in [-0.2, 0) is 14.8 Å². The van der Waals surface area contributed by atoms with Crippen LogP contribution in [0.15, 0.2) is 48.7 Å². The van der Waals surface area contributed by atoms with Gasteiger partial charge in [-0.3, -0.25) is 14.4 Å². The first-order valence-corrected chi connectivity index (χ1v) is 16.7. The Morgan fingerprint density at radius 3 is 2.51 bits per heavy atom. The highest BCUT2D eigenvalue weighted by Crippen LogP contribution is 2.38. The zero-order chi connectivity index (χ0) is 30.6. The van der Waals surface area contributed by atoms with Crippen molar-refractivity contribution < 1.29 is 17.9 Å². The number of para-hydroxylation sites is 2. The highest BCUT2D eigenvalue weighted by molar-refractivity contribution is 7.92. The standard InChI is InChI=1S/C30H38ClN7O4S/c1-19(39)27-16-21(12-15-38(27)22-10-13-32-14-11-22)20-8-9-26(28(17-20)42-2)35-30-33-18-23(31)29(36-30)34-24-6-4-5-7-25(24)37-43(3,40)41/h4-9,17-18,21-22,27,32,37H,10-16H2,1-3H3,(H2,33,34,35,36)/t21?,27-/m1/s1. The van der Waals surface area contributed by atoms with Crippen LogP contribution < -0.4 is 25.4 Å². The smallest absolute Gasteiger partial charge is 0.229 e. The first-order valence-electron chi connectivity index (χ1n) is 14.4. The molecule has 0 saturated carbocycles. The second kappa shape index (κ2) is 13.5. The minimum absolute atomic E-state index is 0.0724. The number of hydrogen-bond acceptors (Lipinski definition) is 10. The van der Waals surface area contributed by atoms with Gasteiger partial charge >= 0.3 is 0 Å². The highest BCUT2D eigenvalue weighted by Gasteiger charge is 2.36. The molecule has 2 aliphatic heterocycles. The monoisotopic (exact) mass is 627 g/mol. The summed E-state index contributed by atoms with van der Waals surface area (Å²) in [5.74, 6) is 1.69. The Kier molecular flexibility index (Phi) is 9.70. The molecule has 0 radical (unpaired) electrons. The third-order valence-corrected chi connectivity index (χ3v) is 8.92.